The van der Waals surface area contributed by atoms with E-state index in [1.165, 1.54) is 0 Å². The number of hydrogen-bond donors (Lipinski definition) is 2. The van der Waals surface area contributed by atoms with Crippen molar-refractivity contribution in [1.29, 1.82) is 0 Å². The van der Waals surface area contributed by atoms with E-state index in [0.29, 0.717) is 17.6 Å². The number of aryl methyl sites for hydroxylation is 1. The van der Waals surface area contributed by atoms with Gasteiger partial charge in [-0.1, -0.05) is 0 Å². The first-order valence-electron chi connectivity index (χ1n) is 6.41. The molecule has 1 amide bonds. The highest BCUT2D eigenvalue weighted by atomic mass is 16.1. The summed E-state index contributed by atoms with van der Waals surface area (Å²) in [6.07, 6.45) is 2.03. The maximum atomic E-state index is 11.2. The Morgan fingerprint density at radius 2 is 2.17 bits per heavy atom. The van der Waals surface area contributed by atoms with E-state index in [1.807, 2.05) is 25.1 Å². The number of nitrogens with zero attached hydrogens (tertiary/aromatic N) is 1. The highest BCUT2D eigenvalue weighted by Gasteiger charge is 2.23. The summed E-state index contributed by atoms with van der Waals surface area (Å²) in [5, 5.41) is 0. The van der Waals surface area contributed by atoms with Crippen LogP contribution in [-0.2, 0) is 0 Å². The molecule has 0 saturated carbocycles. The smallest absolute Gasteiger partial charge is 0.248 e. The number of carbonyl (C=O) groups excluding carboxylic acids is 1. The van der Waals surface area contributed by atoms with Crippen molar-refractivity contribution in [2.24, 2.45) is 11.5 Å². The van der Waals surface area contributed by atoms with Gasteiger partial charge in [-0.3, -0.25) is 4.79 Å². The van der Waals surface area contributed by atoms with Gasteiger partial charge in [-0.05, 0) is 50.5 Å². The van der Waals surface area contributed by atoms with Gasteiger partial charge in [-0.2, -0.15) is 0 Å². The van der Waals surface area contributed by atoms with Gasteiger partial charge in [0.05, 0.1) is 0 Å². The molecule has 1 saturated heterocycles. The lowest BCUT2D eigenvalue weighted by molar-refractivity contribution is 0.1000. The average Bonchev–Trinajstić information content (AvgIpc) is 2.28. The molecule has 2 unspecified atom stereocenters. The number of amides is 1. The van der Waals surface area contributed by atoms with Gasteiger partial charge in [0.25, 0.3) is 0 Å². The normalized spacial score (nSPS) is 24.1. The highest BCUT2D eigenvalue weighted by Crippen LogP contribution is 2.26. The number of rotatable bonds is 2. The number of hydrogen-bond acceptors (Lipinski definition) is 3. The molecule has 0 bridgehead atoms. The fourth-order valence-electron chi connectivity index (χ4n) is 2.70. The van der Waals surface area contributed by atoms with Crippen LogP contribution in [0.15, 0.2) is 18.2 Å². The Kier molecular flexibility index (Phi) is 3.57. The average molecular weight is 247 g/mol. The van der Waals surface area contributed by atoms with E-state index in [9.17, 15) is 4.79 Å². The summed E-state index contributed by atoms with van der Waals surface area (Å²) in [4.78, 5) is 13.6. The Morgan fingerprint density at radius 3 is 2.72 bits per heavy atom. The maximum absolute atomic E-state index is 11.2. The molecular weight excluding hydrogens is 226 g/mol. The summed E-state index contributed by atoms with van der Waals surface area (Å²) >= 11 is 0. The summed E-state index contributed by atoms with van der Waals surface area (Å²) in [5.74, 6) is -0.368. The second-order valence-electron chi connectivity index (χ2n) is 5.19. The molecule has 2 atom stereocenters. The molecule has 1 heterocycles. The fraction of sp³-hybridized carbons (Fsp3) is 0.500. The van der Waals surface area contributed by atoms with Gasteiger partial charge in [-0.15, -0.1) is 0 Å². The van der Waals surface area contributed by atoms with Crippen LogP contribution >= 0.6 is 0 Å². The van der Waals surface area contributed by atoms with E-state index in [1.54, 1.807) is 0 Å². The molecule has 4 nitrogen and oxygen atoms in total. The van der Waals surface area contributed by atoms with Crippen molar-refractivity contribution in [3.8, 4) is 0 Å². The van der Waals surface area contributed by atoms with Crippen LogP contribution in [0.3, 0.4) is 0 Å². The topological polar surface area (TPSA) is 72.3 Å². The van der Waals surface area contributed by atoms with Gasteiger partial charge in [0.2, 0.25) is 5.91 Å². The first-order chi connectivity index (χ1) is 8.49. The van der Waals surface area contributed by atoms with Crippen molar-refractivity contribution in [1.82, 2.24) is 0 Å². The van der Waals surface area contributed by atoms with Crippen LogP contribution in [0.2, 0.25) is 0 Å². The van der Waals surface area contributed by atoms with Gasteiger partial charge in [-0.25, -0.2) is 0 Å². The number of anilines is 1. The van der Waals surface area contributed by atoms with Crippen LogP contribution in [0.25, 0.3) is 0 Å². The minimum absolute atomic E-state index is 0.308. The quantitative estimate of drug-likeness (QED) is 0.830. The Morgan fingerprint density at radius 1 is 1.44 bits per heavy atom. The number of piperidine rings is 1. The van der Waals surface area contributed by atoms with Gasteiger partial charge < -0.3 is 16.4 Å². The molecule has 2 rings (SSSR count). The lowest BCUT2D eigenvalue weighted by Gasteiger charge is -2.38. The van der Waals surface area contributed by atoms with E-state index >= 15 is 0 Å². The predicted molar refractivity (Wildman–Crippen MR) is 73.7 cm³/mol. The lowest BCUT2D eigenvalue weighted by atomic mass is 9.97. The van der Waals surface area contributed by atoms with Gasteiger partial charge in [0.1, 0.15) is 0 Å². The molecule has 18 heavy (non-hydrogen) atoms. The molecule has 0 radical (unpaired) electrons. The zero-order chi connectivity index (χ0) is 13.3. The van der Waals surface area contributed by atoms with E-state index < -0.39 is 0 Å². The summed E-state index contributed by atoms with van der Waals surface area (Å²) in [6.45, 7) is 5.08. The van der Waals surface area contributed by atoms with E-state index in [4.69, 9.17) is 11.5 Å². The van der Waals surface area contributed by atoms with Gasteiger partial charge in [0.15, 0.2) is 0 Å². The number of nitrogens with two attached hydrogens (primary N) is 2. The number of benzene rings is 1. The molecular formula is C14H21N3O. The van der Waals surface area contributed by atoms with Crippen molar-refractivity contribution >= 4 is 11.6 Å². The molecule has 0 aliphatic carbocycles. The summed E-state index contributed by atoms with van der Waals surface area (Å²) < 4.78 is 0. The molecule has 4 heteroatoms. The Labute approximate surface area is 108 Å². The molecule has 98 valence electrons. The monoisotopic (exact) mass is 247 g/mol. The zero-order valence-electron chi connectivity index (χ0n) is 11.0. The second kappa shape index (κ2) is 4.98. The van der Waals surface area contributed by atoms with Crippen LogP contribution in [0.1, 0.15) is 35.7 Å². The zero-order valence-corrected chi connectivity index (χ0v) is 11.0. The molecule has 0 spiro atoms. The van der Waals surface area contributed by atoms with Crippen LogP contribution in [0, 0.1) is 6.92 Å². The van der Waals surface area contributed by atoms with Crippen molar-refractivity contribution in [3.63, 3.8) is 0 Å². The Balaban J connectivity index is 2.24. The van der Waals surface area contributed by atoms with Crippen molar-refractivity contribution in [2.45, 2.75) is 38.8 Å². The number of carbonyl (C=O) groups is 1. The molecule has 1 aliphatic heterocycles. The van der Waals surface area contributed by atoms with Gasteiger partial charge in [0, 0.05) is 29.9 Å². The van der Waals surface area contributed by atoms with Crippen LogP contribution in [0.5, 0.6) is 0 Å². The fourth-order valence-corrected chi connectivity index (χ4v) is 2.70. The SMILES string of the molecule is Cc1cc(N2CCC(N)CC2C)ccc1C(N)=O. The Hall–Kier alpha value is -1.55. The van der Waals surface area contributed by atoms with E-state index in [0.717, 1.165) is 30.6 Å². The third kappa shape index (κ3) is 2.48. The highest BCUT2D eigenvalue weighted by molar-refractivity contribution is 5.94. The summed E-state index contributed by atoms with van der Waals surface area (Å²) in [5.41, 5.74) is 14.0. The van der Waals surface area contributed by atoms with Crippen molar-refractivity contribution in [3.05, 3.63) is 29.3 Å². The first kappa shape index (κ1) is 12.9. The minimum Gasteiger partial charge on any atom is -0.369 e. The summed E-state index contributed by atoms with van der Waals surface area (Å²) in [6, 6.07) is 6.57. The van der Waals surface area contributed by atoms with Crippen LogP contribution in [0.4, 0.5) is 5.69 Å². The van der Waals surface area contributed by atoms with E-state index in [2.05, 4.69) is 11.8 Å². The molecule has 1 aliphatic rings. The second-order valence-corrected chi connectivity index (χ2v) is 5.19. The third-order valence-corrected chi connectivity index (χ3v) is 3.72. The summed E-state index contributed by atoms with van der Waals surface area (Å²) in [7, 11) is 0. The molecule has 4 N–H and O–H groups in total. The minimum atomic E-state index is -0.368. The maximum Gasteiger partial charge on any atom is 0.248 e. The van der Waals surface area contributed by atoms with Crippen LogP contribution in [-0.4, -0.2) is 24.5 Å². The van der Waals surface area contributed by atoms with Gasteiger partial charge >= 0.3 is 0 Å². The van der Waals surface area contributed by atoms with E-state index in [-0.39, 0.29) is 5.91 Å². The van der Waals surface area contributed by atoms with Crippen LogP contribution < -0.4 is 16.4 Å². The standard InChI is InChI=1S/C14H21N3O/c1-9-7-12(3-4-13(9)14(16)18)17-6-5-11(15)8-10(17)2/h3-4,7,10-11H,5-6,8,15H2,1-2H3,(H2,16,18). The van der Waals surface area contributed by atoms with Crippen molar-refractivity contribution < 1.29 is 4.79 Å². The third-order valence-electron chi connectivity index (χ3n) is 3.72. The predicted octanol–water partition coefficient (Wildman–Crippen LogP) is 1.41. The largest absolute Gasteiger partial charge is 0.369 e. The molecule has 1 aromatic carbocycles. The number of primary amides is 1. The molecule has 1 fully saturated rings. The van der Waals surface area contributed by atoms with Crippen molar-refractivity contribution in [2.75, 3.05) is 11.4 Å². The molecule has 0 aromatic heterocycles. The first-order valence-corrected chi connectivity index (χ1v) is 6.41. The molecule has 1 aromatic rings. The Bertz CT molecular complexity index is 458. The lowest BCUT2D eigenvalue weighted by Crippen LogP contribution is -2.45.